The van der Waals surface area contributed by atoms with Gasteiger partial charge in [-0.2, -0.15) is 5.10 Å². The van der Waals surface area contributed by atoms with E-state index in [1.54, 1.807) is 18.2 Å². The van der Waals surface area contributed by atoms with Gasteiger partial charge in [-0.3, -0.25) is 4.79 Å². The van der Waals surface area contributed by atoms with E-state index in [-0.39, 0.29) is 5.91 Å². The molecule has 0 fully saturated rings. The Labute approximate surface area is 104 Å². The molecule has 0 radical (unpaired) electrons. The normalized spacial score (nSPS) is 11.4. The summed E-state index contributed by atoms with van der Waals surface area (Å²) in [7, 11) is 0. The van der Waals surface area contributed by atoms with E-state index in [1.807, 2.05) is 6.92 Å². The molecule has 1 aromatic rings. The van der Waals surface area contributed by atoms with Gasteiger partial charge in [-0.1, -0.05) is 36.2 Å². The summed E-state index contributed by atoms with van der Waals surface area (Å²) in [6.45, 7) is 3.34. The molecule has 1 rings (SSSR count). The largest absolute Gasteiger partial charge is 0.274 e. The number of hydrogen-bond acceptors (Lipinski definition) is 2. The van der Waals surface area contributed by atoms with E-state index in [9.17, 15) is 4.79 Å². The molecule has 5 heteroatoms. The smallest absolute Gasteiger partial charge is 0.236 e. The maximum Gasteiger partial charge on any atom is 0.236 e. The van der Waals surface area contributed by atoms with Crippen molar-refractivity contribution in [1.82, 2.24) is 5.43 Å². The zero-order valence-corrected chi connectivity index (χ0v) is 10.6. The SMILES string of the molecule is CCC(=NNC(C)=O)c1ccc(Cl)cc1Cl. The number of carbonyl (C=O) groups excluding carboxylic acids is 1. The van der Waals surface area contributed by atoms with E-state index >= 15 is 0 Å². The van der Waals surface area contributed by atoms with Crippen molar-refractivity contribution >= 4 is 34.8 Å². The van der Waals surface area contributed by atoms with Crippen LogP contribution in [0.25, 0.3) is 0 Å². The lowest BCUT2D eigenvalue weighted by Crippen LogP contribution is -2.16. The van der Waals surface area contributed by atoms with Crippen molar-refractivity contribution in [2.24, 2.45) is 5.10 Å². The Hall–Kier alpha value is -1.06. The second-order valence-electron chi connectivity index (χ2n) is 3.20. The van der Waals surface area contributed by atoms with Gasteiger partial charge in [-0.15, -0.1) is 0 Å². The first-order valence-electron chi connectivity index (χ1n) is 4.83. The van der Waals surface area contributed by atoms with Crippen LogP contribution in [-0.4, -0.2) is 11.6 Å². The minimum atomic E-state index is -0.212. The molecular weight excluding hydrogens is 247 g/mol. The highest BCUT2D eigenvalue weighted by Gasteiger charge is 2.07. The van der Waals surface area contributed by atoms with Crippen LogP contribution in [0.15, 0.2) is 23.3 Å². The first kappa shape index (κ1) is 13.0. The number of hydrogen-bond donors (Lipinski definition) is 1. The van der Waals surface area contributed by atoms with Crippen LogP contribution < -0.4 is 5.43 Å². The fourth-order valence-corrected chi connectivity index (χ4v) is 1.72. The minimum absolute atomic E-state index is 0.212. The number of benzene rings is 1. The number of hydrazone groups is 1. The number of nitrogens with one attached hydrogen (secondary N) is 1. The van der Waals surface area contributed by atoms with E-state index < -0.39 is 0 Å². The molecule has 0 bridgehead atoms. The zero-order valence-electron chi connectivity index (χ0n) is 9.05. The van der Waals surface area contributed by atoms with Crippen molar-refractivity contribution in [1.29, 1.82) is 0 Å². The van der Waals surface area contributed by atoms with Crippen LogP contribution in [0.1, 0.15) is 25.8 Å². The van der Waals surface area contributed by atoms with Crippen molar-refractivity contribution in [2.75, 3.05) is 0 Å². The molecule has 0 aliphatic carbocycles. The standard InChI is InChI=1S/C11H12Cl2N2O/c1-3-11(15-14-7(2)16)9-5-4-8(12)6-10(9)13/h4-6H,3H2,1-2H3,(H,14,16). The molecule has 0 spiro atoms. The molecule has 0 saturated heterocycles. The van der Waals surface area contributed by atoms with Crippen LogP contribution in [0.4, 0.5) is 0 Å². The quantitative estimate of drug-likeness (QED) is 0.657. The number of rotatable bonds is 3. The summed E-state index contributed by atoms with van der Waals surface area (Å²) < 4.78 is 0. The summed E-state index contributed by atoms with van der Waals surface area (Å²) in [5.74, 6) is -0.212. The minimum Gasteiger partial charge on any atom is -0.274 e. The van der Waals surface area contributed by atoms with Crippen LogP contribution >= 0.6 is 23.2 Å². The first-order valence-corrected chi connectivity index (χ1v) is 5.58. The van der Waals surface area contributed by atoms with Gasteiger partial charge in [0.05, 0.1) is 10.7 Å². The summed E-state index contributed by atoms with van der Waals surface area (Å²) >= 11 is 11.8. The summed E-state index contributed by atoms with van der Waals surface area (Å²) in [6.07, 6.45) is 0.668. The van der Waals surface area contributed by atoms with Crippen LogP contribution in [-0.2, 0) is 4.79 Å². The molecule has 0 aliphatic heterocycles. The van der Waals surface area contributed by atoms with Gasteiger partial charge in [0.2, 0.25) is 5.91 Å². The van der Waals surface area contributed by atoms with Crippen LogP contribution in [0.5, 0.6) is 0 Å². The number of halogens is 2. The highest BCUT2D eigenvalue weighted by atomic mass is 35.5. The van der Waals surface area contributed by atoms with Crippen molar-refractivity contribution < 1.29 is 4.79 Å². The van der Waals surface area contributed by atoms with Gasteiger partial charge in [-0.05, 0) is 18.6 Å². The molecular formula is C11H12Cl2N2O. The highest BCUT2D eigenvalue weighted by molar-refractivity contribution is 6.37. The zero-order chi connectivity index (χ0) is 12.1. The second-order valence-corrected chi connectivity index (χ2v) is 4.05. The molecule has 0 heterocycles. The van der Waals surface area contributed by atoms with E-state index in [2.05, 4.69) is 10.5 Å². The molecule has 0 aliphatic rings. The Balaban J connectivity index is 3.04. The van der Waals surface area contributed by atoms with Crippen molar-refractivity contribution in [3.05, 3.63) is 33.8 Å². The van der Waals surface area contributed by atoms with Gasteiger partial charge >= 0.3 is 0 Å². The van der Waals surface area contributed by atoms with E-state index in [0.29, 0.717) is 16.5 Å². The van der Waals surface area contributed by atoms with Gasteiger partial charge in [0, 0.05) is 17.5 Å². The maximum absolute atomic E-state index is 10.8. The Kier molecular flexibility index (Phi) is 4.77. The lowest BCUT2D eigenvalue weighted by Gasteiger charge is -2.06. The Morgan fingerprint density at radius 1 is 1.44 bits per heavy atom. The van der Waals surface area contributed by atoms with Gasteiger partial charge in [0.15, 0.2) is 0 Å². The third-order valence-corrected chi connectivity index (χ3v) is 2.47. The number of carbonyl (C=O) groups is 1. The number of amides is 1. The summed E-state index contributed by atoms with van der Waals surface area (Å²) in [6, 6.07) is 5.17. The Bertz CT molecular complexity index is 430. The van der Waals surface area contributed by atoms with E-state index in [1.165, 1.54) is 6.92 Å². The lowest BCUT2D eigenvalue weighted by molar-refractivity contribution is -0.118. The van der Waals surface area contributed by atoms with Crippen molar-refractivity contribution in [3.63, 3.8) is 0 Å². The van der Waals surface area contributed by atoms with Crippen LogP contribution in [0.3, 0.4) is 0 Å². The molecule has 3 nitrogen and oxygen atoms in total. The Morgan fingerprint density at radius 2 is 2.12 bits per heavy atom. The molecule has 86 valence electrons. The van der Waals surface area contributed by atoms with E-state index in [4.69, 9.17) is 23.2 Å². The van der Waals surface area contributed by atoms with Gasteiger partial charge in [0.1, 0.15) is 0 Å². The third-order valence-electron chi connectivity index (χ3n) is 1.93. The average molecular weight is 259 g/mol. The summed E-state index contributed by atoms with van der Waals surface area (Å²) in [5.41, 5.74) is 3.89. The van der Waals surface area contributed by atoms with Crippen molar-refractivity contribution in [2.45, 2.75) is 20.3 Å². The molecule has 0 saturated carbocycles. The predicted molar refractivity (Wildman–Crippen MR) is 67.1 cm³/mol. The molecule has 0 unspecified atom stereocenters. The van der Waals surface area contributed by atoms with Crippen molar-refractivity contribution in [3.8, 4) is 0 Å². The molecule has 0 aromatic heterocycles. The van der Waals surface area contributed by atoms with Gasteiger partial charge < -0.3 is 0 Å². The summed E-state index contributed by atoms with van der Waals surface area (Å²) in [4.78, 5) is 10.8. The lowest BCUT2D eigenvalue weighted by atomic mass is 10.1. The summed E-state index contributed by atoms with van der Waals surface area (Å²) in [5, 5.41) is 5.09. The molecule has 16 heavy (non-hydrogen) atoms. The third kappa shape index (κ3) is 3.51. The fraction of sp³-hybridized carbons (Fsp3) is 0.273. The first-order chi connectivity index (χ1) is 7.54. The Morgan fingerprint density at radius 3 is 2.62 bits per heavy atom. The second kappa shape index (κ2) is 5.87. The van der Waals surface area contributed by atoms with E-state index in [0.717, 1.165) is 11.3 Å². The monoisotopic (exact) mass is 258 g/mol. The van der Waals surface area contributed by atoms with Gasteiger partial charge in [-0.25, -0.2) is 5.43 Å². The molecule has 1 amide bonds. The highest BCUT2D eigenvalue weighted by Crippen LogP contribution is 2.22. The molecule has 0 atom stereocenters. The molecule has 1 N–H and O–H groups in total. The predicted octanol–water partition coefficient (Wildman–Crippen LogP) is 3.24. The van der Waals surface area contributed by atoms with Crippen LogP contribution in [0, 0.1) is 0 Å². The van der Waals surface area contributed by atoms with Crippen LogP contribution in [0.2, 0.25) is 10.0 Å². The maximum atomic E-state index is 10.8. The topological polar surface area (TPSA) is 41.5 Å². The van der Waals surface area contributed by atoms with Gasteiger partial charge in [0.25, 0.3) is 0 Å². The molecule has 1 aromatic carbocycles. The number of nitrogens with zero attached hydrogens (tertiary/aromatic N) is 1. The fourth-order valence-electron chi connectivity index (χ4n) is 1.20. The average Bonchev–Trinajstić information content (AvgIpc) is 2.21.